The number of likely N-dealkylation sites (tertiary alicyclic amines) is 1. The van der Waals surface area contributed by atoms with Crippen molar-refractivity contribution in [2.24, 2.45) is 5.92 Å². The molecule has 1 fully saturated rings. The van der Waals surface area contributed by atoms with Crippen LogP contribution in [0.3, 0.4) is 0 Å². The fourth-order valence-electron chi connectivity index (χ4n) is 4.92. The van der Waals surface area contributed by atoms with E-state index in [-0.39, 0.29) is 17.5 Å². The first-order chi connectivity index (χ1) is 16.1. The zero-order valence-corrected chi connectivity index (χ0v) is 18.8. The van der Waals surface area contributed by atoms with Gasteiger partial charge in [-0.1, -0.05) is 60.7 Å². The van der Waals surface area contributed by atoms with Crippen molar-refractivity contribution >= 4 is 5.78 Å². The highest BCUT2D eigenvalue weighted by atomic mass is 19.1. The van der Waals surface area contributed by atoms with Crippen molar-refractivity contribution in [2.75, 3.05) is 19.6 Å². The van der Waals surface area contributed by atoms with E-state index in [9.17, 15) is 14.4 Å². The minimum absolute atomic E-state index is 0.00134. The SMILES string of the molecule is N#CC(CCCN1CCC(C(=O)c2ccc(F)cc2)CC1)(c1ccccc1)c1ccccc1. The Morgan fingerprint density at radius 1 is 0.909 bits per heavy atom. The third kappa shape index (κ3) is 5.21. The highest BCUT2D eigenvalue weighted by Crippen LogP contribution is 2.36. The van der Waals surface area contributed by atoms with Crippen LogP contribution in [0, 0.1) is 23.1 Å². The third-order valence-corrected chi connectivity index (χ3v) is 6.84. The average Bonchev–Trinajstić information content (AvgIpc) is 2.88. The average molecular weight is 441 g/mol. The molecule has 0 saturated carbocycles. The van der Waals surface area contributed by atoms with E-state index in [1.54, 1.807) is 12.1 Å². The monoisotopic (exact) mass is 440 g/mol. The lowest BCUT2D eigenvalue weighted by molar-refractivity contribution is 0.0838. The first-order valence-corrected chi connectivity index (χ1v) is 11.7. The van der Waals surface area contributed by atoms with Crippen LogP contribution in [0.15, 0.2) is 84.9 Å². The Balaban J connectivity index is 1.36. The fourth-order valence-corrected chi connectivity index (χ4v) is 4.92. The standard InChI is InChI=1S/C29H29FN2O/c30-27-14-12-23(13-15-27)28(33)24-16-20-32(21-17-24)19-7-18-29(22-31,25-8-3-1-4-9-25)26-10-5-2-6-11-26/h1-6,8-15,24H,7,16-21H2. The van der Waals surface area contributed by atoms with Crippen molar-refractivity contribution in [3.8, 4) is 6.07 Å². The Morgan fingerprint density at radius 3 is 1.97 bits per heavy atom. The van der Waals surface area contributed by atoms with Crippen LogP contribution in [-0.4, -0.2) is 30.3 Å². The molecule has 1 heterocycles. The number of Topliss-reactive ketones (excluding diaryl/α,β-unsaturated/α-hetero) is 1. The van der Waals surface area contributed by atoms with Gasteiger partial charge in [0, 0.05) is 11.5 Å². The van der Waals surface area contributed by atoms with Gasteiger partial charge in [-0.25, -0.2) is 4.39 Å². The van der Waals surface area contributed by atoms with Crippen LogP contribution >= 0.6 is 0 Å². The fraction of sp³-hybridized carbons (Fsp3) is 0.310. The summed E-state index contributed by atoms with van der Waals surface area (Å²) in [5, 5.41) is 10.3. The Hall–Kier alpha value is -3.29. The van der Waals surface area contributed by atoms with E-state index < -0.39 is 5.41 Å². The lowest BCUT2D eigenvalue weighted by Crippen LogP contribution is -2.37. The summed E-state index contributed by atoms with van der Waals surface area (Å²) < 4.78 is 13.2. The van der Waals surface area contributed by atoms with Gasteiger partial charge in [-0.2, -0.15) is 5.26 Å². The molecule has 1 saturated heterocycles. The number of nitrogens with zero attached hydrogens (tertiary/aromatic N) is 2. The molecular formula is C29H29FN2O. The molecule has 0 atom stereocenters. The number of piperidine rings is 1. The highest BCUT2D eigenvalue weighted by Gasteiger charge is 2.34. The Labute approximate surface area is 195 Å². The van der Waals surface area contributed by atoms with E-state index in [0.717, 1.165) is 56.4 Å². The summed E-state index contributed by atoms with van der Waals surface area (Å²) in [4.78, 5) is 15.1. The smallest absolute Gasteiger partial charge is 0.166 e. The molecule has 0 N–H and O–H groups in total. The topological polar surface area (TPSA) is 44.1 Å². The molecule has 0 amide bonds. The second-order valence-electron chi connectivity index (χ2n) is 8.84. The second kappa shape index (κ2) is 10.6. The second-order valence-corrected chi connectivity index (χ2v) is 8.84. The number of nitriles is 1. The first-order valence-electron chi connectivity index (χ1n) is 11.7. The number of hydrogen-bond acceptors (Lipinski definition) is 3. The molecule has 0 bridgehead atoms. The van der Waals surface area contributed by atoms with Crippen LogP contribution in [0.1, 0.15) is 47.2 Å². The maximum atomic E-state index is 13.2. The molecule has 168 valence electrons. The summed E-state index contributed by atoms with van der Waals surface area (Å²) in [5.74, 6) is -0.203. The summed E-state index contributed by atoms with van der Waals surface area (Å²) in [5.41, 5.74) is 1.99. The molecule has 0 spiro atoms. The summed E-state index contributed by atoms with van der Waals surface area (Å²) in [6.07, 6.45) is 3.27. The highest BCUT2D eigenvalue weighted by molar-refractivity contribution is 5.97. The van der Waals surface area contributed by atoms with Gasteiger partial charge in [0.25, 0.3) is 0 Å². The molecule has 4 heteroatoms. The normalized spacial score (nSPS) is 15.2. The molecule has 0 radical (unpaired) electrons. The van der Waals surface area contributed by atoms with Crippen LogP contribution in [0.25, 0.3) is 0 Å². The molecule has 0 unspecified atom stereocenters. The Morgan fingerprint density at radius 2 is 1.45 bits per heavy atom. The van der Waals surface area contributed by atoms with Gasteiger partial charge in [-0.15, -0.1) is 0 Å². The first kappa shape index (κ1) is 22.9. The predicted octanol–water partition coefficient (Wildman–Crippen LogP) is 6.01. The molecule has 4 rings (SSSR count). The minimum Gasteiger partial charge on any atom is -0.303 e. The molecule has 1 aliphatic heterocycles. The van der Waals surface area contributed by atoms with Gasteiger partial charge in [0.1, 0.15) is 11.2 Å². The molecule has 33 heavy (non-hydrogen) atoms. The van der Waals surface area contributed by atoms with Gasteiger partial charge in [0.2, 0.25) is 0 Å². The van der Waals surface area contributed by atoms with Gasteiger partial charge in [0.15, 0.2) is 5.78 Å². The van der Waals surface area contributed by atoms with Crippen LogP contribution in [0.4, 0.5) is 4.39 Å². The van der Waals surface area contributed by atoms with Crippen LogP contribution in [-0.2, 0) is 5.41 Å². The maximum absolute atomic E-state index is 13.2. The van der Waals surface area contributed by atoms with Gasteiger partial charge < -0.3 is 4.90 Å². The molecule has 0 aliphatic carbocycles. The maximum Gasteiger partial charge on any atom is 0.166 e. The van der Waals surface area contributed by atoms with E-state index in [4.69, 9.17) is 0 Å². The van der Waals surface area contributed by atoms with Crippen molar-refractivity contribution in [3.05, 3.63) is 107 Å². The Kier molecular flexibility index (Phi) is 7.32. The van der Waals surface area contributed by atoms with Crippen molar-refractivity contribution in [1.82, 2.24) is 4.90 Å². The zero-order valence-electron chi connectivity index (χ0n) is 18.8. The van der Waals surface area contributed by atoms with Crippen LogP contribution < -0.4 is 0 Å². The van der Waals surface area contributed by atoms with Crippen molar-refractivity contribution in [2.45, 2.75) is 31.1 Å². The predicted molar refractivity (Wildman–Crippen MR) is 128 cm³/mol. The number of halogens is 1. The van der Waals surface area contributed by atoms with E-state index in [1.807, 2.05) is 60.7 Å². The largest absolute Gasteiger partial charge is 0.303 e. The molecule has 3 aromatic carbocycles. The summed E-state index contributed by atoms with van der Waals surface area (Å²) in [6, 6.07) is 28.6. The summed E-state index contributed by atoms with van der Waals surface area (Å²) in [7, 11) is 0. The quantitative estimate of drug-likeness (QED) is 0.403. The number of benzene rings is 3. The van der Waals surface area contributed by atoms with E-state index in [0.29, 0.717) is 5.56 Å². The van der Waals surface area contributed by atoms with Gasteiger partial charge in [-0.3, -0.25) is 4.79 Å². The molecule has 3 aromatic rings. The van der Waals surface area contributed by atoms with Crippen molar-refractivity contribution in [1.29, 1.82) is 5.26 Å². The summed E-state index contributed by atoms with van der Waals surface area (Å²) >= 11 is 0. The van der Waals surface area contributed by atoms with E-state index >= 15 is 0 Å². The van der Waals surface area contributed by atoms with Crippen LogP contribution in [0.5, 0.6) is 0 Å². The van der Waals surface area contributed by atoms with Gasteiger partial charge >= 0.3 is 0 Å². The van der Waals surface area contributed by atoms with Crippen molar-refractivity contribution in [3.63, 3.8) is 0 Å². The minimum atomic E-state index is -0.667. The number of carbonyl (C=O) groups excluding carboxylic acids is 1. The number of hydrogen-bond donors (Lipinski definition) is 0. The third-order valence-electron chi connectivity index (χ3n) is 6.84. The Bertz CT molecular complexity index is 1040. The van der Waals surface area contributed by atoms with Crippen LogP contribution in [0.2, 0.25) is 0 Å². The lowest BCUT2D eigenvalue weighted by atomic mass is 9.72. The van der Waals surface area contributed by atoms with E-state index in [1.165, 1.54) is 12.1 Å². The zero-order chi connectivity index (χ0) is 23.1. The molecule has 3 nitrogen and oxygen atoms in total. The van der Waals surface area contributed by atoms with Gasteiger partial charge in [0.05, 0.1) is 6.07 Å². The number of ketones is 1. The summed E-state index contributed by atoms with van der Waals surface area (Å²) in [6.45, 7) is 2.64. The molecule has 1 aliphatic rings. The molecule has 0 aromatic heterocycles. The molecular weight excluding hydrogens is 411 g/mol. The number of carbonyl (C=O) groups is 1. The van der Waals surface area contributed by atoms with Gasteiger partial charge in [-0.05, 0) is 80.7 Å². The van der Waals surface area contributed by atoms with E-state index in [2.05, 4.69) is 11.0 Å². The van der Waals surface area contributed by atoms with Crippen molar-refractivity contribution < 1.29 is 9.18 Å². The lowest BCUT2D eigenvalue weighted by Gasteiger charge is -2.33. The number of rotatable bonds is 8.